The maximum Gasteiger partial charge on any atom is 0.159 e. The molecule has 0 aliphatic carbocycles. The van der Waals surface area contributed by atoms with Gasteiger partial charge in [-0.2, -0.15) is 0 Å². The van der Waals surface area contributed by atoms with Crippen molar-refractivity contribution in [2.45, 2.75) is 22.6 Å². The van der Waals surface area contributed by atoms with Gasteiger partial charge in [0, 0.05) is 10.1 Å². The number of rotatable bonds is 3. The summed E-state index contributed by atoms with van der Waals surface area (Å²) in [5.41, 5.74) is 4.66. The van der Waals surface area contributed by atoms with Crippen molar-refractivity contribution < 1.29 is 8.78 Å². The zero-order valence-electron chi connectivity index (χ0n) is 10.6. The fraction of sp³-hybridized carbons (Fsp3) is 0.200. The van der Waals surface area contributed by atoms with Crippen molar-refractivity contribution in [1.29, 1.82) is 0 Å². The first-order valence-electron chi connectivity index (χ1n) is 6.34. The van der Waals surface area contributed by atoms with Crippen LogP contribution in [-0.2, 0) is 6.42 Å². The molecule has 0 saturated carbocycles. The predicted octanol–water partition coefficient (Wildman–Crippen LogP) is 3.19. The van der Waals surface area contributed by atoms with E-state index in [0.717, 1.165) is 12.5 Å². The molecule has 2 atom stereocenters. The van der Waals surface area contributed by atoms with Crippen molar-refractivity contribution in [2.75, 3.05) is 0 Å². The molecule has 1 heterocycles. The Bertz CT molecular complexity index is 608. The minimum atomic E-state index is -0.844. The summed E-state index contributed by atoms with van der Waals surface area (Å²) in [4.78, 5) is 1.22. The third kappa shape index (κ3) is 2.44. The standard InChI is InChI=1S/C15H14F2N2S/c16-11-6-5-10(7-12(11)17)15(19-18)14-8-9-3-1-2-4-13(9)20-14/h1-7,14-15,19H,8,18H2. The fourth-order valence-corrected chi connectivity index (χ4v) is 3.94. The monoisotopic (exact) mass is 292 g/mol. The van der Waals surface area contributed by atoms with Crippen LogP contribution in [0.2, 0.25) is 0 Å². The van der Waals surface area contributed by atoms with E-state index in [1.807, 2.05) is 12.1 Å². The number of benzene rings is 2. The first-order chi connectivity index (χ1) is 9.69. The second-order valence-corrected chi connectivity index (χ2v) is 6.07. The lowest BCUT2D eigenvalue weighted by molar-refractivity contribution is 0.493. The zero-order valence-corrected chi connectivity index (χ0v) is 11.5. The summed E-state index contributed by atoms with van der Waals surface area (Å²) in [7, 11) is 0. The van der Waals surface area contributed by atoms with Gasteiger partial charge in [-0.05, 0) is 35.7 Å². The Kier molecular flexibility index (Phi) is 3.74. The first-order valence-corrected chi connectivity index (χ1v) is 7.22. The molecule has 0 bridgehead atoms. The number of hydrazine groups is 1. The molecule has 2 aromatic rings. The Morgan fingerprint density at radius 3 is 2.65 bits per heavy atom. The van der Waals surface area contributed by atoms with Gasteiger partial charge in [0.15, 0.2) is 11.6 Å². The molecule has 3 N–H and O–H groups in total. The molecular weight excluding hydrogens is 278 g/mol. The van der Waals surface area contributed by atoms with Gasteiger partial charge in [0.25, 0.3) is 0 Å². The van der Waals surface area contributed by atoms with E-state index in [0.29, 0.717) is 5.56 Å². The smallest absolute Gasteiger partial charge is 0.159 e. The molecule has 3 rings (SSSR count). The van der Waals surface area contributed by atoms with E-state index in [1.54, 1.807) is 17.8 Å². The molecule has 20 heavy (non-hydrogen) atoms. The lowest BCUT2D eigenvalue weighted by Gasteiger charge is -2.22. The largest absolute Gasteiger partial charge is 0.271 e. The molecule has 1 aliphatic rings. The molecule has 0 saturated heterocycles. The molecular formula is C15H14F2N2S. The van der Waals surface area contributed by atoms with Gasteiger partial charge in [0.05, 0.1) is 6.04 Å². The van der Waals surface area contributed by atoms with Crippen LogP contribution in [0.5, 0.6) is 0 Å². The number of nitrogens with two attached hydrogens (primary N) is 1. The van der Waals surface area contributed by atoms with E-state index in [1.165, 1.54) is 16.5 Å². The second-order valence-electron chi connectivity index (χ2n) is 4.79. The topological polar surface area (TPSA) is 38.0 Å². The summed E-state index contributed by atoms with van der Waals surface area (Å²) in [6, 6.07) is 11.9. The maximum atomic E-state index is 13.4. The molecule has 0 spiro atoms. The van der Waals surface area contributed by atoms with Gasteiger partial charge in [-0.25, -0.2) is 8.78 Å². The number of thioether (sulfide) groups is 1. The van der Waals surface area contributed by atoms with Crippen molar-refractivity contribution in [3.05, 3.63) is 65.2 Å². The molecule has 104 valence electrons. The highest BCUT2D eigenvalue weighted by molar-refractivity contribution is 8.00. The summed E-state index contributed by atoms with van der Waals surface area (Å²) >= 11 is 1.72. The van der Waals surface area contributed by atoms with Gasteiger partial charge in [0.2, 0.25) is 0 Å². The zero-order chi connectivity index (χ0) is 14.1. The molecule has 1 aliphatic heterocycles. The molecule has 0 amide bonds. The highest BCUT2D eigenvalue weighted by Gasteiger charge is 2.30. The van der Waals surface area contributed by atoms with Gasteiger partial charge >= 0.3 is 0 Å². The highest BCUT2D eigenvalue weighted by Crippen LogP contribution is 2.42. The Morgan fingerprint density at radius 1 is 1.15 bits per heavy atom. The van der Waals surface area contributed by atoms with Crippen molar-refractivity contribution in [3.63, 3.8) is 0 Å². The van der Waals surface area contributed by atoms with Gasteiger partial charge in [0.1, 0.15) is 0 Å². The van der Waals surface area contributed by atoms with Crippen LogP contribution in [-0.4, -0.2) is 5.25 Å². The summed E-state index contributed by atoms with van der Waals surface area (Å²) in [5, 5.41) is 0.169. The summed E-state index contributed by atoms with van der Waals surface area (Å²) in [5.74, 6) is 3.94. The van der Waals surface area contributed by atoms with Crippen molar-refractivity contribution in [3.8, 4) is 0 Å². The average Bonchev–Trinajstić information content (AvgIpc) is 2.87. The minimum Gasteiger partial charge on any atom is -0.271 e. The quantitative estimate of drug-likeness (QED) is 0.674. The molecule has 2 unspecified atom stereocenters. The molecule has 0 radical (unpaired) electrons. The Balaban J connectivity index is 1.87. The number of hydrogen-bond donors (Lipinski definition) is 2. The Morgan fingerprint density at radius 2 is 1.95 bits per heavy atom. The molecule has 2 nitrogen and oxygen atoms in total. The van der Waals surface area contributed by atoms with Crippen LogP contribution < -0.4 is 11.3 Å². The lowest BCUT2D eigenvalue weighted by atomic mass is 9.99. The van der Waals surface area contributed by atoms with Crippen LogP contribution in [0.1, 0.15) is 17.2 Å². The summed E-state index contributed by atoms with van der Waals surface area (Å²) < 4.78 is 26.4. The second kappa shape index (κ2) is 5.52. The minimum absolute atomic E-state index is 0.169. The van der Waals surface area contributed by atoms with Crippen molar-refractivity contribution in [1.82, 2.24) is 5.43 Å². The molecule has 0 fully saturated rings. The van der Waals surface area contributed by atoms with Crippen LogP contribution in [0.25, 0.3) is 0 Å². The number of hydrogen-bond acceptors (Lipinski definition) is 3. The van der Waals surface area contributed by atoms with Gasteiger partial charge in [-0.1, -0.05) is 24.3 Å². The van der Waals surface area contributed by atoms with E-state index >= 15 is 0 Å². The normalized spacial score (nSPS) is 18.9. The van der Waals surface area contributed by atoms with Crippen LogP contribution in [0, 0.1) is 11.6 Å². The Hall–Kier alpha value is -1.43. The van der Waals surface area contributed by atoms with Crippen molar-refractivity contribution >= 4 is 11.8 Å². The highest BCUT2D eigenvalue weighted by atomic mass is 32.2. The number of nitrogens with one attached hydrogen (secondary N) is 1. The van der Waals surface area contributed by atoms with Crippen LogP contribution in [0.4, 0.5) is 8.78 Å². The third-order valence-electron chi connectivity index (χ3n) is 3.53. The number of halogens is 2. The average molecular weight is 292 g/mol. The van der Waals surface area contributed by atoms with E-state index in [9.17, 15) is 8.78 Å². The maximum absolute atomic E-state index is 13.4. The molecule has 0 aromatic heterocycles. The van der Waals surface area contributed by atoms with E-state index in [4.69, 9.17) is 5.84 Å². The van der Waals surface area contributed by atoms with E-state index in [-0.39, 0.29) is 11.3 Å². The SMILES string of the molecule is NNC(c1ccc(F)c(F)c1)C1Cc2ccccc2S1. The van der Waals surface area contributed by atoms with Gasteiger partial charge in [-0.3, -0.25) is 11.3 Å². The Labute approximate surface area is 120 Å². The van der Waals surface area contributed by atoms with Crippen LogP contribution in [0.15, 0.2) is 47.4 Å². The van der Waals surface area contributed by atoms with Crippen LogP contribution in [0.3, 0.4) is 0 Å². The van der Waals surface area contributed by atoms with E-state index < -0.39 is 11.6 Å². The summed E-state index contributed by atoms with van der Waals surface area (Å²) in [6.07, 6.45) is 0.856. The van der Waals surface area contributed by atoms with Crippen molar-refractivity contribution in [2.24, 2.45) is 5.84 Å². The third-order valence-corrected chi connectivity index (χ3v) is 4.92. The number of fused-ring (bicyclic) bond motifs is 1. The van der Waals surface area contributed by atoms with Gasteiger partial charge in [-0.15, -0.1) is 11.8 Å². The van der Waals surface area contributed by atoms with E-state index in [2.05, 4.69) is 17.6 Å². The first kappa shape index (κ1) is 13.5. The lowest BCUT2D eigenvalue weighted by Crippen LogP contribution is -2.35. The van der Waals surface area contributed by atoms with Gasteiger partial charge < -0.3 is 0 Å². The molecule has 5 heteroatoms. The molecule has 2 aromatic carbocycles. The predicted molar refractivity (Wildman–Crippen MR) is 76.2 cm³/mol. The van der Waals surface area contributed by atoms with Crippen LogP contribution >= 0.6 is 11.8 Å². The fourth-order valence-electron chi connectivity index (χ4n) is 2.52. The summed E-state index contributed by atoms with van der Waals surface area (Å²) in [6.45, 7) is 0.